The standard InChI is InChI=1S/C16H13O9P/c1-23-12-7-8(6-10(17)14(12)19)15-16(25-26(20,21)22)13(18)9-4-2-3-5-11(9)24-15/h2-7,17,19H,1H3,(H2,20,21,22). The number of aromatic hydroxyl groups is 2. The molecule has 0 amide bonds. The molecule has 0 atom stereocenters. The Morgan fingerprint density at radius 1 is 1.12 bits per heavy atom. The molecule has 0 saturated heterocycles. The van der Waals surface area contributed by atoms with E-state index in [1.165, 1.54) is 25.3 Å². The molecule has 9 nitrogen and oxygen atoms in total. The van der Waals surface area contributed by atoms with Crippen molar-refractivity contribution in [3.05, 3.63) is 46.6 Å². The first-order valence-corrected chi connectivity index (χ1v) is 8.65. The van der Waals surface area contributed by atoms with Crippen LogP contribution < -0.4 is 14.7 Å². The number of ether oxygens (including phenoxy) is 1. The summed E-state index contributed by atoms with van der Waals surface area (Å²) in [5.74, 6) is -2.35. The van der Waals surface area contributed by atoms with E-state index in [2.05, 4.69) is 4.52 Å². The number of hydrogen-bond donors (Lipinski definition) is 4. The lowest BCUT2D eigenvalue weighted by molar-refractivity contribution is 0.280. The van der Waals surface area contributed by atoms with Crippen molar-refractivity contribution in [2.75, 3.05) is 7.11 Å². The summed E-state index contributed by atoms with van der Waals surface area (Å²) in [6, 6.07) is 8.31. The van der Waals surface area contributed by atoms with Gasteiger partial charge >= 0.3 is 7.82 Å². The monoisotopic (exact) mass is 380 g/mol. The van der Waals surface area contributed by atoms with Gasteiger partial charge in [-0.25, -0.2) is 4.57 Å². The average molecular weight is 380 g/mol. The molecular weight excluding hydrogens is 367 g/mol. The Kier molecular flexibility index (Phi) is 4.37. The summed E-state index contributed by atoms with van der Waals surface area (Å²) < 4.78 is 26.3. The van der Waals surface area contributed by atoms with E-state index in [-0.39, 0.29) is 28.0 Å². The minimum Gasteiger partial charge on any atom is -0.504 e. The third-order valence-electron chi connectivity index (χ3n) is 3.50. The Hall–Kier alpha value is -3.00. The molecule has 0 spiro atoms. The van der Waals surface area contributed by atoms with Gasteiger partial charge in [-0.2, -0.15) is 0 Å². The number of rotatable bonds is 4. The first kappa shape index (κ1) is 17.8. The predicted octanol–water partition coefficient (Wildman–Crippen LogP) is 2.35. The van der Waals surface area contributed by atoms with E-state index in [1.807, 2.05) is 0 Å². The minimum absolute atomic E-state index is 0.00320. The zero-order valence-electron chi connectivity index (χ0n) is 13.2. The highest BCUT2D eigenvalue weighted by Crippen LogP contribution is 2.45. The molecule has 0 aliphatic heterocycles. The second kappa shape index (κ2) is 6.38. The van der Waals surface area contributed by atoms with Crippen LogP contribution in [-0.4, -0.2) is 27.1 Å². The van der Waals surface area contributed by atoms with Crippen LogP contribution in [0.4, 0.5) is 0 Å². The van der Waals surface area contributed by atoms with Gasteiger partial charge in [0.1, 0.15) is 5.58 Å². The number of hydrogen-bond acceptors (Lipinski definition) is 7. The minimum atomic E-state index is -5.08. The summed E-state index contributed by atoms with van der Waals surface area (Å²) in [5, 5.41) is 19.6. The Bertz CT molecular complexity index is 1100. The van der Waals surface area contributed by atoms with Crippen LogP contribution in [0.15, 0.2) is 45.6 Å². The van der Waals surface area contributed by atoms with E-state index in [9.17, 15) is 19.6 Å². The molecule has 0 radical (unpaired) electrons. The highest BCUT2D eigenvalue weighted by atomic mass is 31.2. The summed E-state index contributed by atoms with van der Waals surface area (Å²) in [6.07, 6.45) is 0. The molecule has 1 heterocycles. The number of fused-ring (bicyclic) bond motifs is 1. The largest absolute Gasteiger partial charge is 0.525 e. The molecule has 0 saturated carbocycles. The van der Waals surface area contributed by atoms with Gasteiger partial charge in [-0.15, -0.1) is 0 Å². The fourth-order valence-electron chi connectivity index (χ4n) is 2.40. The predicted molar refractivity (Wildman–Crippen MR) is 90.5 cm³/mol. The van der Waals surface area contributed by atoms with Crippen molar-refractivity contribution in [3.63, 3.8) is 0 Å². The maximum atomic E-state index is 12.6. The maximum Gasteiger partial charge on any atom is 0.525 e. The molecule has 0 bridgehead atoms. The molecule has 0 aliphatic rings. The second-order valence-corrected chi connectivity index (χ2v) is 6.38. The van der Waals surface area contributed by atoms with Crippen LogP contribution in [0.25, 0.3) is 22.3 Å². The van der Waals surface area contributed by atoms with Gasteiger partial charge in [-0.3, -0.25) is 14.6 Å². The Morgan fingerprint density at radius 3 is 2.46 bits per heavy atom. The number of phosphoric acid groups is 1. The maximum absolute atomic E-state index is 12.6. The zero-order valence-corrected chi connectivity index (χ0v) is 14.1. The Morgan fingerprint density at radius 2 is 1.81 bits per heavy atom. The topological polar surface area (TPSA) is 147 Å². The number of benzene rings is 2. The molecule has 3 rings (SSSR count). The molecule has 136 valence electrons. The van der Waals surface area contributed by atoms with E-state index >= 15 is 0 Å². The Balaban J connectivity index is 2.38. The summed E-state index contributed by atoms with van der Waals surface area (Å²) in [6.45, 7) is 0. The smallest absolute Gasteiger partial charge is 0.504 e. The lowest BCUT2D eigenvalue weighted by atomic mass is 10.1. The van der Waals surface area contributed by atoms with Crippen molar-refractivity contribution in [3.8, 4) is 34.3 Å². The van der Waals surface area contributed by atoms with Crippen LogP contribution in [0.1, 0.15) is 0 Å². The number of para-hydroxylation sites is 1. The van der Waals surface area contributed by atoms with Crippen LogP contribution in [-0.2, 0) is 4.57 Å². The quantitative estimate of drug-likeness (QED) is 0.395. The number of phenolic OH excluding ortho intramolecular Hbond substituents is 2. The van der Waals surface area contributed by atoms with E-state index in [0.29, 0.717) is 0 Å². The van der Waals surface area contributed by atoms with Gasteiger partial charge in [0.05, 0.1) is 12.5 Å². The number of phosphoric ester groups is 1. The molecular formula is C16H13O9P. The van der Waals surface area contributed by atoms with Gasteiger partial charge in [0.25, 0.3) is 0 Å². The van der Waals surface area contributed by atoms with Crippen molar-refractivity contribution in [1.82, 2.24) is 0 Å². The third-order valence-corrected chi connectivity index (χ3v) is 3.92. The fourth-order valence-corrected chi connectivity index (χ4v) is 2.80. The van der Waals surface area contributed by atoms with Gasteiger partial charge in [0.2, 0.25) is 16.9 Å². The number of phenols is 2. The van der Waals surface area contributed by atoms with Gasteiger partial charge in [-0.1, -0.05) is 12.1 Å². The molecule has 0 unspecified atom stereocenters. The first-order chi connectivity index (χ1) is 12.2. The van der Waals surface area contributed by atoms with Gasteiger partial charge < -0.3 is 23.9 Å². The van der Waals surface area contributed by atoms with Crippen LogP contribution in [0, 0.1) is 0 Å². The summed E-state index contributed by atoms with van der Waals surface area (Å²) in [5.41, 5.74) is -0.669. The normalized spacial score (nSPS) is 11.5. The van der Waals surface area contributed by atoms with Crippen LogP contribution >= 0.6 is 7.82 Å². The van der Waals surface area contributed by atoms with E-state index in [1.54, 1.807) is 12.1 Å². The molecule has 0 fully saturated rings. The van der Waals surface area contributed by atoms with Crippen LogP contribution in [0.3, 0.4) is 0 Å². The fraction of sp³-hybridized carbons (Fsp3) is 0.0625. The molecule has 0 aliphatic carbocycles. The molecule has 10 heteroatoms. The van der Waals surface area contributed by atoms with Crippen molar-refractivity contribution in [2.24, 2.45) is 0 Å². The van der Waals surface area contributed by atoms with Crippen LogP contribution in [0.2, 0.25) is 0 Å². The van der Waals surface area contributed by atoms with Crippen molar-refractivity contribution < 1.29 is 38.2 Å². The molecule has 1 aromatic heterocycles. The highest BCUT2D eigenvalue weighted by molar-refractivity contribution is 7.46. The third kappa shape index (κ3) is 3.23. The van der Waals surface area contributed by atoms with Crippen molar-refractivity contribution >= 4 is 18.8 Å². The van der Waals surface area contributed by atoms with Crippen molar-refractivity contribution in [2.45, 2.75) is 0 Å². The van der Waals surface area contributed by atoms with E-state index in [0.717, 1.165) is 6.07 Å². The Labute approximate surface area is 145 Å². The average Bonchev–Trinajstić information content (AvgIpc) is 2.58. The molecule has 2 aromatic carbocycles. The van der Waals surface area contributed by atoms with E-state index in [4.69, 9.17) is 18.9 Å². The van der Waals surface area contributed by atoms with Gasteiger partial charge in [0.15, 0.2) is 17.3 Å². The summed E-state index contributed by atoms with van der Waals surface area (Å²) in [7, 11) is -3.85. The second-order valence-electron chi connectivity index (χ2n) is 5.21. The molecule has 26 heavy (non-hydrogen) atoms. The van der Waals surface area contributed by atoms with E-state index < -0.39 is 30.5 Å². The lowest BCUT2D eigenvalue weighted by Gasteiger charge is -2.13. The summed E-state index contributed by atoms with van der Waals surface area (Å²) in [4.78, 5) is 30.9. The zero-order chi connectivity index (χ0) is 19.1. The summed E-state index contributed by atoms with van der Waals surface area (Å²) >= 11 is 0. The molecule has 3 aromatic rings. The SMILES string of the molecule is COc1cc(-c2oc3ccccc3c(=O)c2OP(=O)(O)O)cc(O)c1O. The van der Waals surface area contributed by atoms with Crippen molar-refractivity contribution in [1.29, 1.82) is 0 Å². The van der Waals surface area contributed by atoms with Gasteiger partial charge in [0, 0.05) is 5.56 Å². The van der Waals surface area contributed by atoms with Gasteiger partial charge in [-0.05, 0) is 24.3 Å². The molecule has 4 N–H and O–H groups in total. The van der Waals surface area contributed by atoms with Crippen LogP contribution in [0.5, 0.6) is 23.0 Å². The number of methoxy groups -OCH3 is 1. The first-order valence-electron chi connectivity index (χ1n) is 7.12. The highest BCUT2D eigenvalue weighted by Gasteiger charge is 2.26. The lowest BCUT2D eigenvalue weighted by Crippen LogP contribution is -2.08.